The van der Waals surface area contributed by atoms with Crippen LogP contribution >= 0.6 is 11.8 Å². The Balaban J connectivity index is 1.53. The number of aliphatic hydroxyl groups excluding tert-OH is 1. The average molecular weight is 553 g/mol. The first kappa shape index (κ1) is 28.9. The quantitative estimate of drug-likeness (QED) is 0.358. The van der Waals surface area contributed by atoms with Crippen molar-refractivity contribution in [3.05, 3.63) is 83.6 Å². The molecule has 2 amide bonds. The molecule has 0 saturated carbocycles. The molecule has 0 spiro atoms. The zero-order valence-electron chi connectivity index (χ0n) is 22.9. The number of β-lactam (4-membered cyclic amide) rings is 1. The third kappa shape index (κ3) is 6.72. The normalized spacial score (nSPS) is 22.3. The van der Waals surface area contributed by atoms with Crippen molar-refractivity contribution in [2.75, 3.05) is 0 Å². The number of hydrogen-bond acceptors (Lipinski definition) is 7. The Morgan fingerprint density at radius 2 is 1.67 bits per heavy atom. The van der Waals surface area contributed by atoms with Crippen LogP contribution in [-0.2, 0) is 30.5 Å². The summed E-state index contributed by atoms with van der Waals surface area (Å²) in [5.41, 5.74) is 1.29. The largest absolute Gasteiger partial charge is 0.459 e. The van der Waals surface area contributed by atoms with Gasteiger partial charge in [0.2, 0.25) is 0 Å². The van der Waals surface area contributed by atoms with E-state index in [1.165, 1.54) is 16.7 Å². The summed E-state index contributed by atoms with van der Waals surface area (Å²) in [7, 11) is 0. The van der Waals surface area contributed by atoms with Gasteiger partial charge in [-0.2, -0.15) is 0 Å². The summed E-state index contributed by atoms with van der Waals surface area (Å²) in [6.45, 7) is 9.24. The highest BCUT2D eigenvalue weighted by molar-refractivity contribution is 8.01. The third-order valence-electron chi connectivity index (χ3n) is 6.44. The second-order valence-electron chi connectivity index (χ2n) is 11.1. The van der Waals surface area contributed by atoms with Crippen molar-refractivity contribution in [2.24, 2.45) is 5.92 Å². The van der Waals surface area contributed by atoms with Gasteiger partial charge in [-0.3, -0.25) is 14.4 Å². The number of rotatable bonds is 9. The van der Waals surface area contributed by atoms with Crippen LogP contribution in [0.4, 0.5) is 0 Å². The molecule has 39 heavy (non-hydrogen) atoms. The van der Waals surface area contributed by atoms with Crippen molar-refractivity contribution in [3.63, 3.8) is 0 Å². The maximum Gasteiger partial charge on any atom is 0.324 e. The van der Waals surface area contributed by atoms with E-state index in [1.807, 2.05) is 62.4 Å². The van der Waals surface area contributed by atoms with Crippen LogP contribution in [0.15, 0.2) is 72.4 Å². The lowest BCUT2D eigenvalue weighted by atomic mass is 9.95. The Hall–Kier alpha value is -3.14. The van der Waals surface area contributed by atoms with Gasteiger partial charge in [-0.1, -0.05) is 74.5 Å². The summed E-state index contributed by atoms with van der Waals surface area (Å²) in [6, 6.07) is 17.8. The molecular formula is C30H36N2O6S. The predicted molar refractivity (Wildman–Crippen MR) is 149 cm³/mol. The van der Waals surface area contributed by atoms with E-state index >= 15 is 0 Å². The topological polar surface area (TPSA) is 105 Å². The number of carbonyl (C=O) groups is 3. The van der Waals surface area contributed by atoms with Crippen LogP contribution in [0.3, 0.4) is 0 Å². The van der Waals surface area contributed by atoms with Gasteiger partial charge in [0, 0.05) is 6.20 Å². The molecule has 2 heterocycles. The smallest absolute Gasteiger partial charge is 0.324 e. The van der Waals surface area contributed by atoms with Crippen molar-refractivity contribution < 1.29 is 29.0 Å². The first-order chi connectivity index (χ1) is 18.5. The number of carbonyl (C=O) groups excluding carboxylic acids is 3. The average Bonchev–Trinajstić information content (AvgIpc) is 2.90. The highest BCUT2D eigenvalue weighted by Gasteiger charge is 2.54. The Morgan fingerprint density at radius 1 is 1.05 bits per heavy atom. The predicted octanol–water partition coefficient (Wildman–Crippen LogP) is 3.96. The third-order valence-corrected chi connectivity index (χ3v) is 7.95. The molecule has 208 valence electrons. The minimum absolute atomic E-state index is 0.168. The molecule has 0 radical (unpaired) electrons. The van der Waals surface area contributed by atoms with E-state index < -0.39 is 46.4 Å². The van der Waals surface area contributed by atoms with Crippen LogP contribution < -0.4 is 5.32 Å². The fourth-order valence-corrected chi connectivity index (χ4v) is 5.88. The summed E-state index contributed by atoms with van der Waals surface area (Å²) in [6.07, 6.45) is -0.310. The van der Waals surface area contributed by atoms with Gasteiger partial charge in [0.05, 0.1) is 12.7 Å². The molecule has 2 aliphatic rings. The van der Waals surface area contributed by atoms with E-state index in [2.05, 4.69) is 5.32 Å². The van der Waals surface area contributed by atoms with E-state index in [1.54, 1.807) is 39.1 Å². The molecular weight excluding hydrogens is 516 g/mol. The summed E-state index contributed by atoms with van der Waals surface area (Å²) in [5.74, 6) is -1.41. The molecule has 0 aliphatic carbocycles. The van der Waals surface area contributed by atoms with Gasteiger partial charge in [0.1, 0.15) is 22.3 Å². The van der Waals surface area contributed by atoms with Gasteiger partial charge < -0.3 is 24.8 Å². The Morgan fingerprint density at radius 3 is 2.26 bits per heavy atom. The molecule has 1 saturated heterocycles. The van der Waals surface area contributed by atoms with Gasteiger partial charge in [-0.15, -0.1) is 11.8 Å². The number of aliphatic hydroxyl groups is 1. The SMILES string of the molecule is CC(C)C(O)C1=CN2C(=O)C(NC(=O)C(OCc3ccccc3)c3ccccc3)[C@H]2SC1C(=O)OC(C)(C)C. The Labute approximate surface area is 233 Å². The van der Waals surface area contributed by atoms with Crippen molar-refractivity contribution in [2.45, 2.75) is 75.7 Å². The summed E-state index contributed by atoms with van der Waals surface area (Å²) in [4.78, 5) is 41.2. The Bertz CT molecular complexity index is 1210. The molecule has 2 aromatic carbocycles. The van der Waals surface area contributed by atoms with Gasteiger partial charge >= 0.3 is 5.97 Å². The van der Waals surface area contributed by atoms with Crippen molar-refractivity contribution >= 4 is 29.5 Å². The van der Waals surface area contributed by atoms with Crippen molar-refractivity contribution in [1.82, 2.24) is 10.2 Å². The highest BCUT2D eigenvalue weighted by atomic mass is 32.2. The van der Waals surface area contributed by atoms with E-state index in [0.717, 1.165) is 5.56 Å². The van der Waals surface area contributed by atoms with Crippen LogP contribution in [0.5, 0.6) is 0 Å². The molecule has 2 aromatic rings. The summed E-state index contributed by atoms with van der Waals surface area (Å²) >= 11 is 1.20. The second-order valence-corrected chi connectivity index (χ2v) is 12.3. The lowest BCUT2D eigenvalue weighted by molar-refractivity contribution is -0.154. The van der Waals surface area contributed by atoms with Gasteiger partial charge in [-0.05, 0) is 43.4 Å². The first-order valence-electron chi connectivity index (χ1n) is 13.1. The van der Waals surface area contributed by atoms with E-state index in [0.29, 0.717) is 11.1 Å². The second kappa shape index (κ2) is 11.9. The van der Waals surface area contributed by atoms with Crippen LogP contribution in [0.25, 0.3) is 0 Å². The Kier molecular flexibility index (Phi) is 8.83. The molecule has 5 atom stereocenters. The fourth-order valence-electron chi connectivity index (χ4n) is 4.44. The van der Waals surface area contributed by atoms with Gasteiger partial charge in [0.15, 0.2) is 6.10 Å². The van der Waals surface area contributed by atoms with Crippen LogP contribution in [0.1, 0.15) is 51.8 Å². The fraction of sp³-hybridized carbons (Fsp3) is 0.433. The minimum Gasteiger partial charge on any atom is -0.459 e. The molecule has 9 heteroatoms. The molecule has 0 bridgehead atoms. The maximum atomic E-state index is 13.5. The van der Waals surface area contributed by atoms with Gasteiger partial charge in [-0.25, -0.2) is 0 Å². The molecule has 4 rings (SSSR count). The maximum absolute atomic E-state index is 13.5. The standard InChI is InChI=1S/C30H36N2O6S/c1-18(2)23(33)21-16-32-27(35)22(28(32)39-25(21)29(36)38-30(3,4)5)31-26(34)24(20-14-10-7-11-15-20)37-17-19-12-8-6-9-13-19/h6-16,18,22-25,28,33H,17H2,1-5H3,(H,31,34)/t22?,23?,24?,25?,28-/m1/s1. The summed E-state index contributed by atoms with van der Waals surface area (Å²) in [5, 5.41) is 12.4. The number of amides is 2. The molecule has 2 aliphatic heterocycles. The zero-order valence-corrected chi connectivity index (χ0v) is 23.7. The molecule has 0 aromatic heterocycles. The van der Waals surface area contributed by atoms with E-state index in [9.17, 15) is 19.5 Å². The van der Waals surface area contributed by atoms with Gasteiger partial charge in [0.25, 0.3) is 11.8 Å². The lowest BCUT2D eigenvalue weighted by Crippen LogP contribution is -2.70. The molecule has 4 unspecified atom stereocenters. The summed E-state index contributed by atoms with van der Waals surface area (Å²) < 4.78 is 11.7. The molecule has 1 fully saturated rings. The van der Waals surface area contributed by atoms with Crippen LogP contribution in [-0.4, -0.2) is 56.2 Å². The first-order valence-corrected chi connectivity index (χ1v) is 14.0. The highest BCUT2D eigenvalue weighted by Crippen LogP contribution is 2.43. The minimum atomic E-state index is -0.933. The molecule has 2 N–H and O–H groups in total. The number of fused-ring (bicyclic) bond motifs is 1. The number of benzene rings is 2. The number of hydrogen-bond donors (Lipinski definition) is 2. The number of thioether (sulfide) groups is 1. The monoisotopic (exact) mass is 552 g/mol. The number of esters is 1. The number of nitrogens with zero attached hydrogens (tertiary/aromatic N) is 1. The van der Waals surface area contributed by atoms with E-state index in [4.69, 9.17) is 9.47 Å². The van der Waals surface area contributed by atoms with Crippen molar-refractivity contribution in [3.8, 4) is 0 Å². The number of ether oxygens (including phenoxy) is 2. The zero-order chi connectivity index (χ0) is 28.3. The van der Waals surface area contributed by atoms with Crippen LogP contribution in [0.2, 0.25) is 0 Å². The van der Waals surface area contributed by atoms with Crippen molar-refractivity contribution in [1.29, 1.82) is 0 Å². The van der Waals surface area contributed by atoms with E-state index in [-0.39, 0.29) is 18.4 Å². The lowest BCUT2D eigenvalue weighted by Gasteiger charge is -2.50. The molecule has 8 nitrogen and oxygen atoms in total. The number of nitrogens with one attached hydrogen (secondary N) is 1. The van der Waals surface area contributed by atoms with Crippen LogP contribution in [0, 0.1) is 5.92 Å².